The zero-order valence-corrected chi connectivity index (χ0v) is 16.2. The first-order valence-electron chi connectivity index (χ1n) is 9.51. The highest BCUT2D eigenvalue weighted by molar-refractivity contribution is 5.99. The standard InChI is InChI=1S/C22H26N2O3/c1-22(2,16-6-9-19-20(14-16)27-12-11-26-19)21(25)23-17-7-8-18-15(13-17)5-4-10-24(18)3/h6-9,13-14H,4-5,10-12H2,1-3H3,(H,23,25). The molecule has 0 spiro atoms. The van der Waals surface area contributed by atoms with Crippen LogP contribution in [0.2, 0.25) is 0 Å². The van der Waals surface area contributed by atoms with Crippen molar-refractivity contribution < 1.29 is 14.3 Å². The molecule has 0 aliphatic carbocycles. The van der Waals surface area contributed by atoms with Crippen LogP contribution in [0.15, 0.2) is 36.4 Å². The third kappa shape index (κ3) is 3.34. The van der Waals surface area contributed by atoms with E-state index in [-0.39, 0.29) is 5.91 Å². The van der Waals surface area contributed by atoms with E-state index < -0.39 is 5.41 Å². The van der Waals surface area contributed by atoms with Gasteiger partial charge in [-0.15, -0.1) is 0 Å². The van der Waals surface area contributed by atoms with E-state index in [1.165, 1.54) is 11.3 Å². The van der Waals surface area contributed by atoms with Crippen LogP contribution in [0.25, 0.3) is 0 Å². The molecule has 0 aromatic heterocycles. The Morgan fingerprint density at radius 3 is 2.67 bits per heavy atom. The molecule has 0 atom stereocenters. The molecule has 1 amide bonds. The van der Waals surface area contributed by atoms with Crippen LogP contribution < -0.4 is 19.7 Å². The van der Waals surface area contributed by atoms with E-state index in [1.807, 2.05) is 38.1 Å². The average molecular weight is 366 g/mol. The summed E-state index contributed by atoms with van der Waals surface area (Å²) >= 11 is 0. The van der Waals surface area contributed by atoms with Gasteiger partial charge in [-0.3, -0.25) is 4.79 Å². The fourth-order valence-corrected chi connectivity index (χ4v) is 3.71. The Hall–Kier alpha value is -2.69. The minimum Gasteiger partial charge on any atom is -0.486 e. The number of rotatable bonds is 3. The van der Waals surface area contributed by atoms with Crippen LogP contribution >= 0.6 is 0 Å². The zero-order chi connectivity index (χ0) is 19.0. The molecule has 2 heterocycles. The largest absolute Gasteiger partial charge is 0.486 e. The second-order valence-electron chi connectivity index (χ2n) is 7.81. The maximum atomic E-state index is 13.0. The molecule has 2 aromatic carbocycles. The number of aryl methyl sites for hydroxylation is 1. The number of hydrogen-bond donors (Lipinski definition) is 1. The number of nitrogens with zero attached hydrogens (tertiary/aromatic N) is 1. The first-order chi connectivity index (χ1) is 12.9. The molecule has 1 N–H and O–H groups in total. The molecular formula is C22H26N2O3. The van der Waals surface area contributed by atoms with Gasteiger partial charge in [0.15, 0.2) is 11.5 Å². The molecule has 5 nitrogen and oxygen atoms in total. The Labute approximate surface area is 160 Å². The Morgan fingerprint density at radius 2 is 1.85 bits per heavy atom. The van der Waals surface area contributed by atoms with E-state index in [9.17, 15) is 4.79 Å². The van der Waals surface area contributed by atoms with Crippen molar-refractivity contribution in [3.8, 4) is 11.5 Å². The number of amides is 1. The number of hydrogen-bond acceptors (Lipinski definition) is 4. The first-order valence-corrected chi connectivity index (χ1v) is 9.51. The normalized spacial score (nSPS) is 15.9. The lowest BCUT2D eigenvalue weighted by Gasteiger charge is -2.29. The lowest BCUT2D eigenvalue weighted by Crippen LogP contribution is -2.35. The molecule has 5 heteroatoms. The number of carbonyl (C=O) groups is 1. The lowest BCUT2D eigenvalue weighted by atomic mass is 9.83. The predicted molar refractivity (Wildman–Crippen MR) is 107 cm³/mol. The molecule has 27 heavy (non-hydrogen) atoms. The molecule has 142 valence electrons. The molecule has 0 radical (unpaired) electrons. The van der Waals surface area contributed by atoms with Crippen LogP contribution in [0.4, 0.5) is 11.4 Å². The van der Waals surface area contributed by atoms with Crippen molar-refractivity contribution in [1.29, 1.82) is 0 Å². The van der Waals surface area contributed by atoms with Gasteiger partial charge in [-0.1, -0.05) is 6.07 Å². The van der Waals surface area contributed by atoms with Crippen molar-refractivity contribution in [2.24, 2.45) is 0 Å². The third-order valence-corrected chi connectivity index (χ3v) is 5.52. The highest BCUT2D eigenvalue weighted by Crippen LogP contribution is 2.36. The van der Waals surface area contributed by atoms with Gasteiger partial charge in [0.2, 0.25) is 5.91 Å². The molecule has 0 saturated heterocycles. The van der Waals surface area contributed by atoms with E-state index in [0.717, 1.165) is 36.4 Å². The summed E-state index contributed by atoms with van der Waals surface area (Å²) in [5.41, 5.74) is 3.60. The van der Waals surface area contributed by atoms with Gasteiger partial charge in [0.05, 0.1) is 5.41 Å². The van der Waals surface area contributed by atoms with Crippen LogP contribution in [-0.2, 0) is 16.6 Å². The maximum absolute atomic E-state index is 13.0. The fraction of sp³-hybridized carbons (Fsp3) is 0.409. The Balaban J connectivity index is 1.55. The molecule has 2 aliphatic rings. The van der Waals surface area contributed by atoms with Crippen molar-refractivity contribution in [1.82, 2.24) is 0 Å². The van der Waals surface area contributed by atoms with Crippen molar-refractivity contribution in [2.45, 2.75) is 32.1 Å². The Morgan fingerprint density at radius 1 is 1.07 bits per heavy atom. The molecule has 2 aliphatic heterocycles. The smallest absolute Gasteiger partial charge is 0.234 e. The summed E-state index contributed by atoms with van der Waals surface area (Å²) < 4.78 is 11.2. The summed E-state index contributed by atoms with van der Waals surface area (Å²) in [5, 5.41) is 3.10. The Kier molecular flexibility index (Phi) is 4.46. The van der Waals surface area contributed by atoms with Gasteiger partial charge in [-0.2, -0.15) is 0 Å². The number of ether oxygens (including phenoxy) is 2. The SMILES string of the molecule is CN1CCCc2cc(NC(=O)C(C)(C)c3ccc4c(c3)OCCO4)ccc21. The van der Waals surface area contributed by atoms with E-state index >= 15 is 0 Å². The van der Waals surface area contributed by atoms with E-state index in [0.29, 0.717) is 19.0 Å². The second-order valence-corrected chi connectivity index (χ2v) is 7.81. The summed E-state index contributed by atoms with van der Waals surface area (Å²) in [6.07, 6.45) is 2.19. The van der Waals surface area contributed by atoms with Crippen molar-refractivity contribution >= 4 is 17.3 Å². The van der Waals surface area contributed by atoms with Crippen molar-refractivity contribution in [3.63, 3.8) is 0 Å². The lowest BCUT2D eigenvalue weighted by molar-refractivity contribution is -0.120. The third-order valence-electron chi connectivity index (χ3n) is 5.52. The number of anilines is 2. The van der Waals surface area contributed by atoms with Crippen LogP contribution in [0, 0.1) is 0 Å². The van der Waals surface area contributed by atoms with Crippen LogP contribution in [-0.4, -0.2) is 32.7 Å². The van der Waals surface area contributed by atoms with E-state index in [1.54, 1.807) is 0 Å². The highest BCUT2D eigenvalue weighted by atomic mass is 16.6. The minimum atomic E-state index is -0.692. The average Bonchev–Trinajstić information content (AvgIpc) is 2.67. The van der Waals surface area contributed by atoms with E-state index in [4.69, 9.17) is 9.47 Å². The molecular weight excluding hydrogens is 340 g/mol. The zero-order valence-electron chi connectivity index (χ0n) is 16.2. The topological polar surface area (TPSA) is 50.8 Å². The molecule has 0 fully saturated rings. The second kappa shape index (κ2) is 6.80. The summed E-state index contributed by atoms with van der Waals surface area (Å²) in [6, 6.07) is 11.9. The quantitative estimate of drug-likeness (QED) is 0.899. The number of carbonyl (C=O) groups excluding carboxylic acids is 1. The van der Waals surface area contributed by atoms with E-state index in [2.05, 4.69) is 29.4 Å². The summed E-state index contributed by atoms with van der Waals surface area (Å²) in [7, 11) is 2.11. The molecule has 2 aromatic rings. The van der Waals surface area contributed by atoms with Crippen molar-refractivity contribution in [3.05, 3.63) is 47.5 Å². The molecule has 0 unspecified atom stereocenters. The minimum absolute atomic E-state index is 0.0386. The number of benzene rings is 2. The van der Waals surface area contributed by atoms with Crippen LogP contribution in [0.3, 0.4) is 0 Å². The summed E-state index contributed by atoms with van der Waals surface area (Å²) in [4.78, 5) is 15.3. The Bertz CT molecular complexity index is 876. The van der Waals surface area contributed by atoms with Crippen LogP contribution in [0.1, 0.15) is 31.4 Å². The number of fused-ring (bicyclic) bond motifs is 2. The van der Waals surface area contributed by atoms with Gasteiger partial charge in [0, 0.05) is 25.0 Å². The first kappa shape index (κ1) is 17.7. The highest BCUT2D eigenvalue weighted by Gasteiger charge is 2.31. The van der Waals surface area contributed by atoms with Crippen LogP contribution in [0.5, 0.6) is 11.5 Å². The summed E-state index contributed by atoms with van der Waals surface area (Å²) in [5.74, 6) is 1.40. The van der Waals surface area contributed by atoms with Gasteiger partial charge >= 0.3 is 0 Å². The van der Waals surface area contributed by atoms with Gasteiger partial charge in [0.1, 0.15) is 13.2 Å². The number of nitrogens with one attached hydrogen (secondary N) is 1. The fourth-order valence-electron chi connectivity index (χ4n) is 3.71. The predicted octanol–water partition coefficient (Wildman–Crippen LogP) is 3.76. The van der Waals surface area contributed by atoms with Gasteiger partial charge in [0.25, 0.3) is 0 Å². The molecule has 4 rings (SSSR count). The molecule has 0 saturated carbocycles. The van der Waals surface area contributed by atoms with Gasteiger partial charge in [-0.25, -0.2) is 0 Å². The van der Waals surface area contributed by atoms with Gasteiger partial charge < -0.3 is 19.7 Å². The molecule has 0 bridgehead atoms. The maximum Gasteiger partial charge on any atom is 0.234 e. The van der Waals surface area contributed by atoms with Gasteiger partial charge in [-0.05, 0) is 68.1 Å². The summed E-state index contributed by atoms with van der Waals surface area (Å²) in [6.45, 7) is 6.03. The van der Waals surface area contributed by atoms with Crippen molar-refractivity contribution in [2.75, 3.05) is 37.0 Å². The monoisotopic (exact) mass is 366 g/mol.